The van der Waals surface area contributed by atoms with Gasteiger partial charge in [-0.05, 0) is 43.2 Å². The van der Waals surface area contributed by atoms with Crippen LogP contribution in [0.25, 0.3) is 0 Å². The molecular formula is C20H22F2N2O3. The summed E-state index contributed by atoms with van der Waals surface area (Å²) in [6.45, 7) is 0.503. The Kier molecular flexibility index (Phi) is 5.78. The minimum Gasteiger partial charge on any atom is -0.497 e. The highest BCUT2D eigenvalue weighted by atomic mass is 19.1. The summed E-state index contributed by atoms with van der Waals surface area (Å²) >= 11 is 0. The molecule has 1 heterocycles. The minimum atomic E-state index is -0.550. The summed E-state index contributed by atoms with van der Waals surface area (Å²) in [5, 5.41) is 2.68. The molecule has 1 atom stereocenters. The number of hydrogen-bond acceptors (Lipinski definition) is 3. The largest absolute Gasteiger partial charge is 0.497 e. The molecule has 3 rings (SSSR count). The number of hydrogen-bond donors (Lipinski definition) is 1. The third-order valence-electron chi connectivity index (χ3n) is 4.75. The number of carbonyl (C=O) groups excluding carboxylic acids is 1. The normalized spacial score (nSPS) is 16.3. The van der Waals surface area contributed by atoms with Crippen LogP contribution in [-0.4, -0.2) is 31.7 Å². The monoisotopic (exact) mass is 376 g/mol. The smallest absolute Gasteiger partial charge is 0.318 e. The van der Waals surface area contributed by atoms with Crippen LogP contribution >= 0.6 is 0 Å². The van der Waals surface area contributed by atoms with Crippen LogP contribution in [0.15, 0.2) is 36.4 Å². The summed E-state index contributed by atoms with van der Waals surface area (Å²) in [6, 6.07) is 8.22. The van der Waals surface area contributed by atoms with Crippen molar-refractivity contribution in [1.82, 2.24) is 10.2 Å². The first-order valence-electron chi connectivity index (χ1n) is 8.73. The van der Waals surface area contributed by atoms with Crippen LogP contribution in [0.4, 0.5) is 13.6 Å². The first kappa shape index (κ1) is 18.9. The van der Waals surface area contributed by atoms with E-state index in [0.29, 0.717) is 18.0 Å². The summed E-state index contributed by atoms with van der Waals surface area (Å²) in [4.78, 5) is 14.4. The number of halogens is 2. The van der Waals surface area contributed by atoms with Gasteiger partial charge in [0.2, 0.25) is 0 Å². The number of nitrogens with zero attached hydrogens (tertiary/aromatic N) is 1. The molecule has 2 aromatic rings. The molecule has 7 heteroatoms. The first-order chi connectivity index (χ1) is 13.0. The van der Waals surface area contributed by atoms with Gasteiger partial charge in [0.1, 0.15) is 23.1 Å². The van der Waals surface area contributed by atoms with Crippen LogP contribution in [0, 0.1) is 11.6 Å². The number of benzene rings is 2. The maximum absolute atomic E-state index is 13.7. The van der Waals surface area contributed by atoms with Crippen LogP contribution in [0.3, 0.4) is 0 Å². The number of likely N-dealkylation sites (tertiary alicyclic amines) is 1. The Hall–Kier alpha value is -2.83. The molecule has 1 unspecified atom stereocenters. The number of methoxy groups -OCH3 is 2. The number of urea groups is 1. The second-order valence-electron chi connectivity index (χ2n) is 6.35. The van der Waals surface area contributed by atoms with Gasteiger partial charge in [-0.2, -0.15) is 0 Å². The number of carbonyl (C=O) groups is 1. The predicted molar refractivity (Wildman–Crippen MR) is 96.8 cm³/mol. The minimum absolute atomic E-state index is 0.0780. The van der Waals surface area contributed by atoms with Gasteiger partial charge in [0.05, 0.1) is 20.3 Å². The van der Waals surface area contributed by atoms with E-state index in [1.165, 1.54) is 0 Å². The number of amides is 2. The van der Waals surface area contributed by atoms with Gasteiger partial charge in [-0.25, -0.2) is 13.6 Å². The molecule has 5 nitrogen and oxygen atoms in total. The van der Waals surface area contributed by atoms with Crippen molar-refractivity contribution in [3.05, 3.63) is 59.2 Å². The fourth-order valence-corrected chi connectivity index (χ4v) is 3.38. The summed E-state index contributed by atoms with van der Waals surface area (Å²) in [6.07, 6.45) is 1.64. The van der Waals surface area contributed by atoms with Crippen molar-refractivity contribution < 1.29 is 23.0 Å². The van der Waals surface area contributed by atoms with E-state index in [4.69, 9.17) is 9.47 Å². The van der Waals surface area contributed by atoms with Crippen molar-refractivity contribution >= 4 is 6.03 Å². The standard InChI is InChI=1S/C20H22F2N2O3/c1-26-15-6-7-16(19(11-15)27-2)18-4-3-9-24(18)20(25)23-12-13-10-14(21)5-8-17(13)22/h5-8,10-11,18H,3-4,9,12H2,1-2H3,(H,23,25). The average molecular weight is 376 g/mol. The van der Waals surface area contributed by atoms with E-state index < -0.39 is 11.6 Å². The molecule has 1 aliphatic heterocycles. The Morgan fingerprint density at radius 2 is 2.00 bits per heavy atom. The quantitative estimate of drug-likeness (QED) is 0.857. The van der Waals surface area contributed by atoms with Crippen LogP contribution < -0.4 is 14.8 Å². The number of nitrogens with one attached hydrogen (secondary N) is 1. The van der Waals surface area contributed by atoms with Crippen LogP contribution in [0.1, 0.15) is 30.0 Å². The van der Waals surface area contributed by atoms with Crippen molar-refractivity contribution in [2.75, 3.05) is 20.8 Å². The third kappa shape index (κ3) is 4.13. The van der Waals surface area contributed by atoms with Gasteiger partial charge >= 0.3 is 6.03 Å². The molecule has 1 aliphatic rings. The molecular weight excluding hydrogens is 354 g/mol. The summed E-state index contributed by atoms with van der Waals surface area (Å²) < 4.78 is 37.7. The average Bonchev–Trinajstić information content (AvgIpc) is 3.17. The van der Waals surface area contributed by atoms with Gasteiger partial charge in [-0.3, -0.25) is 0 Å². The van der Waals surface area contributed by atoms with Gasteiger partial charge in [0.25, 0.3) is 0 Å². The fraction of sp³-hybridized carbons (Fsp3) is 0.350. The van der Waals surface area contributed by atoms with Crippen molar-refractivity contribution in [3.8, 4) is 11.5 Å². The van der Waals surface area contributed by atoms with Crippen LogP contribution in [0.2, 0.25) is 0 Å². The van der Waals surface area contributed by atoms with E-state index in [2.05, 4.69) is 5.32 Å². The highest BCUT2D eigenvalue weighted by Crippen LogP contribution is 2.38. The third-order valence-corrected chi connectivity index (χ3v) is 4.75. The maximum Gasteiger partial charge on any atom is 0.318 e. The molecule has 0 aromatic heterocycles. The van der Waals surface area contributed by atoms with Crippen LogP contribution in [-0.2, 0) is 6.54 Å². The Labute approximate surface area is 156 Å². The fourth-order valence-electron chi connectivity index (χ4n) is 3.38. The van der Waals surface area contributed by atoms with E-state index >= 15 is 0 Å². The highest BCUT2D eigenvalue weighted by Gasteiger charge is 2.32. The molecule has 0 aliphatic carbocycles. The number of rotatable bonds is 5. The highest BCUT2D eigenvalue weighted by molar-refractivity contribution is 5.75. The van der Waals surface area contributed by atoms with Crippen molar-refractivity contribution in [2.24, 2.45) is 0 Å². The SMILES string of the molecule is COc1ccc(C2CCCN2C(=O)NCc2cc(F)ccc2F)c(OC)c1. The predicted octanol–water partition coefficient (Wildman–Crippen LogP) is 4.03. The topological polar surface area (TPSA) is 50.8 Å². The summed E-state index contributed by atoms with van der Waals surface area (Å²) in [5.41, 5.74) is 1.00. The second-order valence-corrected chi connectivity index (χ2v) is 6.35. The van der Waals surface area contributed by atoms with Crippen LogP contribution in [0.5, 0.6) is 11.5 Å². The van der Waals surface area contributed by atoms with Gasteiger partial charge in [-0.1, -0.05) is 0 Å². The van der Waals surface area contributed by atoms with E-state index in [1.807, 2.05) is 12.1 Å². The molecule has 0 spiro atoms. The lowest BCUT2D eigenvalue weighted by Gasteiger charge is -2.27. The zero-order valence-electron chi connectivity index (χ0n) is 15.3. The van der Waals surface area contributed by atoms with Crippen molar-refractivity contribution in [3.63, 3.8) is 0 Å². The summed E-state index contributed by atoms with van der Waals surface area (Å²) in [7, 11) is 3.15. The lowest BCUT2D eigenvalue weighted by molar-refractivity contribution is 0.191. The molecule has 1 fully saturated rings. The Bertz CT molecular complexity index is 829. The molecule has 1 saturated heterocycles. The van der Waals surface area contributed by atoms with Gasteiger partial charge in [0, 0.05) is 30.3 Å². The molecule has 0 bridgehead atoms. The summed E-state index contributed by atoms with van der Waals surface area (Å²) in [5.74, 6) is 0.232. The van der Waals surface area contributed by atoms with Gasteiger partial charge < -0.3 is 19.7 Å². The molecule has 27 heavy (non-hydrogen) atoms. The Morgan fingerprint density at radius 1 is 1.19 bits per heavy atom. The lowest BCUT2D eigenvalue weighted by Crippen LogP contribution is -2.39. The second kappa shape index (κ2) is 8.24. The lowest BCUT2D eigenvalue weighted by atomic mass is 10.0. The zero-order valence-corrected chi connectivity index (χ0v) is 15.3. The van der Waals surface area contributed by atoms with Gasteiger partial charge in [0.15, 0.2) is 0 Å². The first-order valence-corrected chi connectivity index (χ1v) is 8.73. The molecule has 2 aromatic carbocycles. The molecule has 0 saturated carbocycles. The molecule has 0 radical (unpaired) electrons. The van der Waals surface area contributed by atoms with Crippen molar-refractivity contribution in [1.29, 1.82) is 0 Å². The van der Waals surface area contributed by atoms with E-state index in [1.54, 1.807) is 25.2 Å². The van der Waals surface area contributed by atoms with E-state index in [-0.39, 0.29) is 24.2 Å². The Balaban J connectivity index is 1.74. The maximum atomic E-state index is 13.7. The van der Waals surface area contributed by atoms with Crippen molar-refractivity contribution in [2.45, 2.75) is 25.4 Å². The molecule has 2 amide bonds. The van der Waals surface area contributed by atoms with E-state index in [0.717, 1.165) is 36.6 Å². The Morgan fingerprint density at radius 3 is 2.74 bits per heavy atom. The zero-order chi connectivity index (χ0) is 19.4. The number of ether oxygens (including phenoxy) is 2. The van der Waals surface area contributed by atoms with E-state index in [9.17, 15) is 13.6 Å². The molecule has 144 valence electrons. The van der Waals surface area contributed by atoms with Gasteiger partial charge in [-0.15, -0.1) is 0 Å². The molecule has 1 N–H and O–H groups in total.